The largest absolute Gasteiger partial charge is 0.394 e. The summed E-state index contributed by atoms with van der Waals surface area (Å²) in [7, 11) is 0. The Labute approximate surface area is 91.1 Å². The van der Waals surface area contributed by atoms with Crippen LogP contribution in [0.25, 0.3) is 0 Å². The highest BCUT2D eigenvalue weighted by Crippen LogP contribution is 2.23. The normalized spacial score (nSPS) is 12.6. The van der Waals surface area contributed by atoms with Crippen molar-refractivity contribution < 1.29 is 9.90 Å². The Morgan fingerprint density at radius 3 is 2.71 bits per heavy atom. The first-order valence-corrected chi connectivity index (χ1v) is 5.02. The molecule has 1 aromatic carbocycles. The number of carbonyl (C=O) groups excluding carboxylic acids is 1. The molecule has 1 aromatic rings. The van der Waals surface area contributed by atoms with Crippen molar-refractivity contribution in [3.8, 4) is 0 Å². The van der Waals surface area contributed by atoms with Gasteiger partial charge in [-0.2, -0.15) is 0 Å². The predicted octanol–water partition coefficient (Wildman–Crippen LogP) is 1.64. The quantitative estimate of drug-likeness (QED) is 0.810. The van der Waals surface area contributed by atoms with E-state index in [1.165, 1.54) is 6.92 Å². The molecule has 0 aromatic heterocycles. The lowest BCUT2D eigenvalue weighted by atomic mass is 10.0. The van der Waals surface area contributed by atoms with Crippen molar-refractivity contribution in [2.75, 3.05) is 6.61 Å². The van der Waals surface area contributed by atoms with Gasteiger partial charge < -0.3 is 10.8 Å². The molecule has 0 saturated carbocycles. The second kappa shape index (κ2) is 4.68. The van der Waals surface area contributed by atoms with Crippen molar-refractivity contribution in [1.82, 2.24) is 0 Å². The fourth-order valence-corrected chi connectivity index (χ4v) is 1.82. The highest BCUT2D eigenvalue weighted by molar-refractivity contribution is 9.10. The molecule has 76 valence electrons. The highest BCUT2D eigenvalue weighted by atomic mass is 79.9. The summed E-state index contributed by atoms with van der Waals surface area (Å²) in [6.45, 7) is 1.39. The van der Waals surface area contributed by atoms with E-state index in [2.05, 4.69) is 15.9 Å². The maximum absolute atomic E-state index is 11.0. The first-order valence-electron chi connectivity index (χ1n) is 4.23. The zero-order chi connectivity index (χ0) is 10.7. The average Bonchev–Trinajstić information content (AvgIpc) is 2.16. The van der Waals surface area contributed by atoms with E-state index in [0.29, 0.717) is 5.56 Å². The monoisotopic (exact) mass is 257 g/mol. The third kappa shape index (κ3) is 2.41. The molecule has 0 aliphatic carbocycles. The Morgan fingerprint density at radius 2 is 2.29 bits per heavy atom. The van der Waals surface area contributed by atoms with Gasteiger partial charge in [0.15, 0.2) is 5.78 Å². The van der Waals surface area contributed by atoms with Crippen LogP contribution in [0.15, 0.2) is 22.7 Å². The molecule has 4 heteroatoms. The summed E-state index contributed by atoms with van der Waals surface area (Å²) in [6, 6.07) is 4.76. The maximum atomic E-state index is 11.0. The topological polar surface area (TPSA) is 63.3 Å². The molecule has 0 heterocycles. The van der Waals surface area contributed by atoms with Gasteiger partial charge in [-0.05, 0) is 18.6 Å². The van der Waals surface area contributed by atoms with Gasteiger partial charge in [-0.3, -0.25) is 4.79 Å². The fourth-order valence-electron chi connectivity index (χ4n) is 1.15. The molecule has 0 bridgehead atoms. The molecule has 0 aliphatic heterocycles. The maximum Gasteiger partial charge on any atom is 0.159 e. The van der Waals surface area contributed by atoms with Crippen LogP contribution in [0.5, 0.6) is 0 Å². The number of Topliss-reactive ketones (excluding diaryl/α,β-unsaturated/α-hetero) is 1. The minimum atomic E-state index is -0.412. The zero-order valence-corrected chi connectivity index (χ0v) is 9.41. The Hall–Kier alpha value is -0.710. The van der Waals surface area contributed by atoms with Gasteiger partial charge in [0.25, 0.3) is 0 Å². The third-order valence-corrected chi connectivity index (χ3v) is 2.69. The van der Waals surface area contributed by atoms with Crippen molar-refractivity contribution in [2.24, 2.45) is 5.73 Å². The number of carbonyl (C=O) groups is 1. The molecule has 1 atom stereocenters. The Morgan fingerprint density at radius 1 is 1.64 bits per heavy atom. The van der Waals surface area contributed by atoms with E-state index in [1.807, 2.05) is 0 Å². The first kappa shape index (κ1) is 11.4. The van der Waals surface area contributed by atoms with E-state index in [4.69, 9.17) is 10.8 Å². The molecule has 1 rings (SSSR count). The molecule has 1 unspecified atom stereocenters. The molecule has 3 nitrogen and oxygen atoms in total. The molecule has 0 spiro atoms. The van der Waals surface area contributed by atoms with Crippen LogP contribution >= 0.6 is 15.9 Å². The van der Waals surface area contributed by atoms with Gasteiger partial charge in [-0.25, -0.2) is 0 Å². The molecule has 0 radical (unpaired) electrons. The number of halogens is 1. The lowest BCUT2D eigenvalue weighted by Gasteiger charge is -2.11. The van der Waals surface area contributed by atoms with Gasteiger partial charge in [0.2, 0.25) is 0 Å². The summed E-state index contributed by atoms with van der Waals surface area (Å²) in [5, 5.41) is 8.88. The Bertz CT molecular complexity index is 352. The van der Waals surface area contributed by atoms with Crippen LogP contribution in [0, 0.1) is 0 Å². The van der Waals surface area contributed by atoms with Crippen LogP contribution in [0.1, 0.15) is 28.9 Å². The lowest BCUT2D eigenvalue weighted by molar-refractivity contribution is 0.101. The lowest BCUT2D eigenvalue weighted by Crippen LogP contribution is -2.15. The van der Waals surface area contributed by atoms with E-state index in [9.17, 15) is 4.79 Å². The molecular weight excluding hydrogens is 246 g/mol. The zero-order valence-electron chi connectivity index (χ0n) is 7.83. The van der Waals surface area contributed by atoms with Gasteiger partial charge in [0.05, 0.1) is 12.6 Å². The first-order chi connectivity index (χ1) is 6.56. The number of rotatable bonds is 3. The standard InChI is InChI=1S/C10H12BrNO2/c1-6(14)7-2-3-8(9(11)4-7)10(12)5-13/h2-4,10,13H,5,12H2,1H3. The van der Waals surface area contributed by atoms with Crippen molar-refractivity contribution in [1.29, 1.82) is 0 Å². The SMILES string of the molecule is CC(=O)c1ccc(C(N)CO)c(Br)c1. The van der Waals surface area contributed by atoms with Crippen LogP contribution < -0.4 is 5.73 Å². The van der Waals surface area contributed by atoms with Gasteiger partial charge in [-0.15, -0.1) is 0 Å². The number of hydrogen-bond acceptors (Lipinski definition) is 3. The summed E-state index contributed by atoms with van der Waals surface area (Å²) in [6.07, 6.45) is 0. The summed E-state index contributed by atoms with van der Waals surface area (Å²) < 4.78 is 0.756. The van der Waals surface area contributed by atoms with Gasteiger partial charge in [0.1, 0.15) is 0 Å². The minimum absolute atomic E-state index is 0.00909. The summed E-state index contributed by atoms with van der Waals surface area (Å²) in [5.41, 5.74) is 7.09. The number of hydrogen-bond donors (Lipinski definition) is 2. The number of benzene rings is 1. The van der Waals surface area contributed by atoms with Gasteiger partial charge in [0, 0.05) is 10.0 Å². The molecule has 3 N–H and O–H groups in total. The van der Waals surface area contributed by atoms with Crippen molar-refractivity contribution in [2.45, 2.75) is 13.0 Å². The van der Waals surface area contributed by atoms with Crippen LogP contribution in [0.2, 0.25) is 0 Å². The van der Waals surface area contributed by atoms with E-state index in [0.717, 1.165) is 10.0 Å². The van der Waals surface area contributed by atoms with Gasteiger partial charge in [-0.1, -0.05) is 28.1 Å². The smallest absolute Gasteiger partial charge is 0.159 e. The van der Waals surface area contributed by atoms with Gasteiger partial charge >= 0.3 is 0 Å². The summed E-state index contributed by atoms with van der Waals surface area (Å²) in [4.78, 5) is 11.0. The Kier molecular flexibility index (Phi) is 3.80. The second-order valence-corrected chi connectivity index (χ2v) is 3.94. The number of ketones is 1. The van der Waals surface area contributed by atoms with E-state index < -0.39 is 6.04 Å². The number of aliphatic hydroxyl groups excluding tert-OH is 1. The number of aliphatic hydroxyl groups is 1. The van der Waals surface area contributed by atoms with E-state index in [-0.39, 0.29) is 12.4 Å². The second-order valence-electron chi connectivity index (χ2n) is 3.08. The average molecular weight is 258 g/mol. The fraction of sp³-hybridized carbons (Fsp3) is 0.300. The minimum Gasteiger partial charge on any atom is -0.394 e. The third-order valence-electron chi connectivity index (χ3n) is 2.00. The Balaban J connectivity index is 3.07. The van der Waals surface area contributed by atoms with Crippen LogP contribution in [-0.4, -0.2) is 17.5 Å². The van der Waals surface area contributed by atoms with Crippen molar-refractivity contribution in [3.05, 3.63) is 33.8 Å². The van der Waals surface area contributed by atoms with Crippen molar-refractivity contribution in [3.63, 3.8) is 0 Å². The van der Waals surface area contributed by atoms with Crippen molar-refractivity contribution >= 4 is 21.7 Å². The molecule has 0 amide bonds. The molecule has 0 aliphatic rings. The summed E-state index contributed by atoms with van der Waals surface area (Å²) >= 11 is 3.31. The van der Waals surface area contributed by atoms with Crippen LogP contribution in [0.4, 0.5) is 0 Å². The van der Waals surface area contributed by atoms with E-state index >= 15 is 0 Å². The number of nitrogens with two attached hydrogens (primary N) is 1. The predicted molar refractivity (Wildman–Crippen MR) is 58.2 cm³/mol. The molecule has 0 fully saturated rings. The van der Waals surface area contributed by atoms with Crippen LogP contribution in [-0.2, 0) is 0 Å². The molecule has 14 heavy (non-hydrogen) atoms. The van der Waals surface area contributed by atoms with E-state index in [1.54, 1.807) is 18.2 Å². The molecule has 0 saturated heterocycles. The van der Waals surface area contributed by atoms with Crippen LogP contribution in [0.3, 0.4) is 0 Å². The summed E-state index contributed by atoms with van der Waals surface area (Å²) in [5.74, 6) is 0.00909. The highest BCUT2D eigenvalue weighted by Gasteiger charge is 2.10. The molecular formula is C10H12BrNO2.